The number of aryl methyl sites for hydroxylation is 2. The summed E-state index contributed by atoms with van der Waals surface area (Å²) in [6.45, 7) is 4.03. The summed E-state index contributed by atoms with van der Waals surface area (Å²) in [5, 5.41) is 2.68. The molecule has 0 aliphatic rings. The highest BCUT2D eigenvalue weighted by molar-refractivity contribution is 5.89. The third-order valence-electron chi connectivity index (χ3n) is 3.92. The van der Waals surface area contributed by atoms with E-state index in [1.807, 2.05) is 43.5 Å². The van der Waals surface area contributed by atoms with Gasteiger partial charge in [-0.05, 0) is 31.5 Å². The van der Waals surface area contributed by atoms with E-state index in [0.29, 0.717) is 23.3 Å². The van der Waals surface area contributed by atoms with Crippen LogP contribution in [0.25, 0.3) is 0 Å². The van der Waals surface area contributed by atoms with Crippen LogP contribution < -0.4 is 26.1 Å². The molecule has 0 aliphatic heterocycles. The molecule has 0 bridgehead atoms. The molecule has 3 rings (SSSR count). The molecule has 2 amide bonds. The van der Waals surface area contributed by atoms with Gasteiger partial charge in [0.1, 0.15) is 6.61 Å². The number of anilines is 1. The predicted octanol–water partition coefficient (Wildman–Crippen LogP) is 3.46. The van der Waals surface area contributed by atoms with Crippen LogP contribution in [0.15, 0.2) is 54.6 Å². The summed E-state index contributed by atoms with van der Waals surface area (Å²) >= 11 is 0. The van der Waals surface area contributed by atoms with E-state index in [9.17, 15) is 4.79 Å². The van der Waals surface area contributed by atoms with Crippen molar-refractivity contribution in [3.8, 4) is 17.6 Å². The van der Waals surface area contributed by atoms with Gasteiger partial charge in [0.15, 0.2) is 0 Å². The van der Waals surface area contributed by atoms with E-state index in [-0.39, 0.29) is 6.61 Å². The molecule has 0 atom stereocenters. The first-order valence-electron chi connectivity index (χ1n) is 8.62. The number of benzene rings is 1. The van der Waals surface area contributed by atoms with Gasteiger partial charge >= 0.3 is 6.03 Å². The highest BCUT2D eigenvalue weighted by atomic mass is 16.5. The van der Waals surface area contributed by atoms with Crippen LogP contribution in [0.3, 0.4) is 0 Å². The second-order valence-corrected chi connectivity index (χ2v) is 6.02. The van der Waals surface area contributed by atoms with E-state index in [1.54, 1.807) is 30.3 Å². The van der Waals surface area contributed by atoms with Crippen molar-refractivity contribution in [2.75, 3.05) is 5.32 Å². The number of ether oxygens (including phenoxy) is 2. The Morgan fingerprint density at radius 1 is 0.964 bits per heavy atom. The van der Waals surface area contributed by atoms with Crippen LogP contribution in [0.2, 0.25) is 0 Å². The lowest BCUT2D eigenvalue weighted by atomic mass is 10.1. The van der Waals surface area contributed by atoms with E-state index < -0.39 is 6.03 Å². The highest BCUT2D eigenvalue weighted by Crippen LogP contribution is 2.24. The molecular weight excluding hydrogens is 358 g/mol. The van der Waals surface area contributed by atoms with Crippen LogP contribution >= 0.6 is 0 Å². The van der Waals surface area contributed by atoms with Crippen molar-refractivity contribution < 1.29 is 14.3 Å². The molecule has 3 aromatic rings. The number of nitrogens with two attached hydrogens (primary N) is 1. The zero-order valence-electron chi connectivity index (χ0n) is 15.6. The molecule has 0 fully saturated rings. The fourth-order valence-corrected chi connectivity index (χ4v) is 2.53. The molecule has 2 heterocycles. The Balaban J connectivity index is 1.72. The third kappa shape index (κ3) is 4.95. The Morgan fingerprint density at radius 2 is 1.64 bits per heavy atom. The molecule has 0 saturated heterocycles. The summed E-state index contributed by atoms with van der Waals surface area (Å²) in [6.07, 6.45) is 0. The summed E-state index contributed by atoms with van der Waals surface area (Å²) in [5.74, 6) is 6.37. The summed E-state index contributed by atoms with van der Waals surface area (Å²) < 4.78 is 11.5. The van der Waals surface area contributed by atoms with Crippen molar-refractivity contribution in [3.05, 3.63) is 71.4 Å². The number of nitrogens with one attached hydrogen (secondary N) is 2. The minimum Gasteiger partial charge on any atom is -0.473 e. The molecule has 0 spiro atoms. The van der Waals surface area contributed by atoms with E-state index in [0.717, 1.165) is 16.8 Å². The molecule has 28 heavy (non-hydrogen) atoms. The largest absolute Gasteiger partial charge is 0.473 e. The van der Waals surface area contributed by atoms with Gasteiger partial charge in [-0.1, -0.05) is 24.3 Å². The highest BCUT2D eigenvalue weighted by Gasteiger charge is 2.10. The van der Waals surface area contributed by atoms with Crippen molar-refractivity contribution >= 4 is 11.7 Å². The number of rotatable bonds is 6. The number of pyridine rings is 2. The second-order valence-electron chi connectivity index (χ2n) is 6.02. The molecular formula is C20H21N5O3. The average molecular weight is 379 g/mol. The number of hydrogen-bond acceptors (Lipinski definition) is 6. The van der Waals surface area contributed by atoms with Crippen LogP contribution in [0, 0.1) is 13.8 Å². The summed E-state index contributed by atoms with van der Waals surface area (Å²) in [6, 6.07) is 15.8. The molecule has 0 aliphatic carbocycles. The summed E-state index contributed by atoms with van der Waals surface area (Å²) in [4.78, 5) is 20.2. The van der Waals surface area contributed by atoms with Crippen molar-refractivity contribution in [2.45, 2.75) is 20.5 Å². The fraction of sp³-hybridized carbons (Fsp3) is 0.150. The lowest BCUT2D eigenvalue weighted by Gasteiger charge is -2.14. The third-order valence-corrected chi connectivity index (χ3v) is 3.92. The zero-order valence-corrected chi connectivity index (χ0v) is 15.6. The Labute approximate surface area is 162 Å². The number of hydrogen-bond donors (Lipinski definition) is 3. The number of hydrazine groups is 1. The van der Waals surface area contributed by atoms with E-state index in [1.165, 1.54) is 0 Å². The maximum Gasteiger partial charge on any atom is 0.333 e. The monoisotopic (exact) mass is 379 g/mol. The van der Waals surface area contributed by atoms with Gasteiger partial charge in [0, 0.05) is 35.1 Å². The van der Waals surface area contributed by atoms with Crippen molar-refractivity contribution in [2.24, 2.45) is 5.84 Å². The maximum absolute atomic E-state index is 11.5. The van der Waals surface area contributed by atoms with E-state index >= 15 is 0 Å². The van der Waals surface area contributed by atoms with Gasteiger partial charge in [0.05, 0.1) is 0 Å². The van der Waals surface area contributed by atoms with Gasteiger partial charge in [0.25, 0.3) is 0 Å². The smallest absolute Gasteiger partial charge is 0.333 e. The number of urea groups is 1. The zero-order chi connectivity index (χ0) is 19.9. The molecule has 8 nitrogen and oxygen atoms in total. The van der Waals surface area contributed by atoms with Gasteiger partial charge in [0.2, 0.25) is 17.6 Å². The molecule has 144 valence electrons. The first-order valence-corrected chi connectivity index (χ1v) is 8.62. The molecule has 2 aromatic heterocycles. The Hall–Kier alpha value is -3.65. The van der Waals surface area contributed by atoms with Gasteiger partial charge < -0.3 is 14.8 Å². The predicted molar refractivity (Wildman–Crippen MR) is 105 cm³/mol. The number of amides is 2. The molecule has 1 aromatic carbocycles. The van der Waals surface area contributed by atoms with Gasteiger partial charge in [-0.25, -0.2) is 15.6 Å². The topological polar surface area (TPSA) is 111 Å². The second kappa shape index (κ2) is 8.83. The van der Waals surface area contributed by atoms with Gasteiger partial charge in [-0.15, -0.1) is 0 Å². The lowest BCUT2D eigenvalue weighted by molar-refractivity contribution is 0.252. The normalized spacial score (nSPS) is 10.2. The van der Waals surface area contributed by atoms with Crippen molar-refractivity contribution in [1.82, 2.24) is 15.4 Å². The number of aromatic nitrogens is 2. The van der Waals surface area contributed by atoms with Crippen molar-refractivity contribution in [3.63, 3.8) is 0 Å². The fourth-order valence-electron chi connectivity index (χ4n) is 2.53. The van der Waals surface area contributed by atoms with E-state index in [4.69, 9.17) is 15.3 Å². The number of carbonyl (C=O) groups is 1. The number of nitrogens with zero attached hydrogens (tertiary/aromatic N) is 2. The van der Waals surface area contributed by atoms with Crippen LogP contribution in [0.5, 0.6) is 17.6 Å². The molecule has 4 N–H and O–H groups in total. The minimum absolute atomic E-state index is 0.214. The lowest BCUT2D eigenvalue weighted by Crippen LogP contribution is -2.34. The van der Waals surface area contributed by atoms with Gasteiger partial charge in [-0.2, -0.15) is 4.98 Å². The minimum atomic E-state index is -0.508. The first kappa shape index (κ1) is 19.1. The van der Waals surface area contributed by atoms with Crippen LogP contribution in [0.1, 0.15) is 16.8 Å². The van der Waals surface area contributed by atoms with Crippen LogP contribution in [-0.4, -0.2) is 16.0 Å². The van der Waals surface area contributed by atoms with Gasteiger partial charge in [-0.3, -0.25) is 5.43 Å². The quantitative estimate of drug-likeness (QED) is 0.344. The molecule has 0 radical (unpaired) electrons. The standard InChI is InChI=1S/C20H21N5O3/c1-13-6-3-8-16(23-20(26)25-21)15(13)12-27-17-9-5-11-19(24-17)28-18-10-4-7-14(2)22-18/h3-11H,12,21H2,1-2H3,(H2,23,25,26). The first-order chi connectivity index (χ1) is 13.5. The summed E-state index contributed by atoms with van der Waals surface area (Å²) in [5.41, 5.74) is 5.29. The van der Waals surface area contributed by atoms with Crippen molar-refractivity contribution in [1.29, 1.82) is 0 Å². The molecule has 0 saturated carbocycles. The Morgan fingerprint density at radius 3 is 2.39 bits per heavy atom. The van der Waals surface area contributed by atoms with Crippen LogP contribution in [-0.2, 0) is 6.61 Å². The summed E-state index contributed by atoms with van der Waals surface area (Å²) in [7, 11) is 0. The van der Waals surface area contributed by atoms with E-state index in [2.05, 4.69) is 15.3 Å². The Kier molecular flexibility index (Phi) is 6.03. The Bertz CT molecular complexity index is 978. The molecule has 8 heteroatoms. The SMILES string of the molecule is Cc1cccc(Oc2cccc(OCc3c(C)cccc3NC(=O)NN)n2)n1. The maximum atomic E-state index is 11.5. The molecule has 0 unspecified atom stereocenters. The number of carbonyl (C=O) groups excluding carboxylic acids is 1. The van der Waals surface area contributed by atoms with Crippen LogP contribution in [0.4, 0.5) is 10.5 Å². The average Bonchev–Trinajstić information content (AvgIpc) is 2.68.